The molecule has 2 aromatic carbocycles. The van der Waals surface area contributed by atoms with Gasteiger partial charge in [-0.05, 0) is 23.3 Å². The number of pyridine rings is 1. The maximum atomic E-state index is 6.19. The first-order valence-corrected chi connectivity index (χ1v) is 9.80. The van der Waals surface area contributed by atoms with Crippen LogP contribution in [0.3, 0.4) is 0 Å². The number of hydrogen-bond acceptors (Lipinski definition) is 4. The molecular weight excluding hydrogens is 318 g/mol. The average Bonchev–Trinajstić information content (AvgIpc) is 2.66. The summed E-state index contributed by atoms with van der Waals surface area (Å²) in [6.07, 6.45) is 1.81. The first kappa shape index (κ1) is 16.8. The predicted octanol–water partition coefficient (Wildman–Crippen LogP) is 3.77. The number of rotatable bonds is 7. The van der Waals surface area contributed by atoms with Crippen LogP contribution in [0.1, 0.15) is 11.1 Å². The minimum Gasteiger partial charge on any atom is -0.377 e. The highest BCUT2D eigenvalue weighted by molar-refractivity contribution is 6.60. The molecule has 0 aliphatic rings. The zero-order valence-corrected chi connectivity index (χ0v) is 14.9. The second-order valence-electron chi connectivity index (χ2n) is 5.53. The quantitative estimate of drug-likeness (QED) is 0.615. The molecule has 0 amide bonds. The fourth-order valence-electron chi connectivity index (χ4n) is 2.71. The van der Waals surface area contributed by atoms with Crippen molar-refractivity contribution in [2.45, 2.75) is 12.7 Å². The number of fused-ring (bicyclic) bond motifs is 1. The van der Waals surface area contributed by atoms with Gasteiger partial charge in [-0.3, -0.25) is 4.98 Å². The number of nitrogens with zero attached hydrogens (tertiary/aromatic N) is 1. The molecule has 124 valence electrons. The van der Waals surface area contributed by atoms with Crippen molar-refractivity contribution >= 4 is 19.7 Å². The van der Waals surface area contributed by atoms with E-state index < -0.39 is 8.80 Å². The fraction of sp³-hybridized carbons (Fsp3) is 0.211. The van der Waals surface area contributed by atoms with E-state index in [1.54, 1.807) is 20.4 Å². The summed E-state index contributed by atoms with van der Waals surface area (Å²) in [5.41, 5.74) is 3.19. The molecule has 0 unspecified atom stereocenters. The molecule has 0 spiro atoms. The summed E-state index contributed by atoms with van der Waals surface area (Å²) in [6.45, 7) is 0.434. The van der Waals surface area contributed by atoms with Crippen molar-refractivity contribution in [3.05, 3.63) is 78.0 Å². The topological polar surface area (TPSA) is 40.6 Å². The van der Waals surface area contributed by atoms with Gasteiger partial charge in [0, 0.05) is 31.8 Å². The van der Waals surface area contributed by atoms with Crippen LogP contribution in [-0.4, -0.2) is 28.0 Å². The van der Waals surface area contributed by atoms with Crippen molar-refractivity contribution in [2.75, 3.05) is 14.2 Å². The molecule has 3 aromatic rings. The molecular formula is C19H21NO3Si. The molecule has 0 bridgehead atoms. The van der Waals surface area contributed by atoms with Crippen LogP contribution in [0, 0.1) is 0 Å². The van der Waals surface area contributed by atoms with Gasteiger partial charge in [0.05, 0.1) is 12.1 Å². The van der Waals surface area contributed by atoms with Crippen LogP contribution in [0.15, 0.2) is 66.9 Å². The van der Waals surface area contributed by atoms with Crippen LogP contribution in [0.2, 0.25) is 0 Å². The number of hydrogen-bond donors (Lipinski definition) is 0. The third kappa shape index (κ3) is 3.71. The highest BCUT2D eigenvalue weighted by Crippen LogP contribution is 2.21. The van der Waals surface area contributed by atoms with Crippen LogP contribution >= 0.6 is 0 Å². The van der Waals surface area contributed by atoms with Gasteiger partial charge in [0.25, 0.3) is 0 Å². The van der Waals surface area contributed by atoms with Crippen molar-refractivity contribution in [3.63, 3.8) is 0 Å². The van der Waals surface area contributed by atoms with E-state index in [1.165, 1.54) is 0 Å². The third-order valence-electron chi connectivity index (χ3n) is 4.07. The van der Waals surface area contributed by atoms with Crippen molar-refractivity contribution in [2.24, 2.45) is 0 Å². The normalized spacial score (nSPS) is 11.8. The van der Waals surface area contributed by atoms with Crippen molar-refractivity contribution in [1.29, 1.82) is 0 Å². The molecule has 0 aliphatic carbocycles. The molecule has 1 aromatic heterocycles. The molecule has 0 saturated heterocycles. The summed E-state index contributed by atoms with van der Waals surface area (Å²) >= 11 is 0. The van der Waals surface area contributed by atoms with Crippen LogP contribution < -0.4 is 0 Å². The second kappa shape index (κ2) is 7.68. The average molecular weight is 339 g/mol. The number of aromatic nitrogens is 1. The molecule has 24 heavy (non-hydrogen) atoms. The predicted molar refractivity (Wildman–Crippen MR) is 96.5 cm³/mol. The lowest BCUT2D eigenvalue weighted by atomic mass is 10.1. The Hall–Kier alpha value is -2.05. The minimum atomic E-state index is -2.77. The first-order chi connectivity index (χ1) is 11.8. The van der Waals surface area contributed by atoms with E-state index in [0.717, 1.165) is 22.0 Å². The largest absolute Gasteiger partial charge is 0.505 e. The summed E-state index contributed by atoms with van der Waals surface area (Å²) < 4.78 is 17.6. The SMILES string of the molecule is CO[Si](Cc1ccccc1)(OC)OCc1ccnc2ccccc12. The van der Waals surface area contributed by atoms with Gasteiger partial charge in [0.2, 0.25) is 0 Å². The summed E-state index contributed by atoms with van der Waals surface area (Å²) in [4.78, 5) is 4.39. The number of para-hydroxylation sites is 1. The summed E-state index contributed by atoms with van der Waals surface area (Å²) in [5, 5.41) is 1.09. The van der Waals surface area contributed by atoms with Crippen molar-refractivity contribution in [3.8, 4) is 0 Å². The van der Waals surface area contributed by atoms with Crippen LogP contribution in [-0.2, 0) is 25.9 Å². The van der Waals surface area contributed by atoms with Crippen molar-refractivity contribution in [1.82, 2.24) is 4.98 Å². The Bertz CT molecular complexity index is 785. The molecule has 0 fully saturated rings. The van der Waals surface area contributed by atoms with Crippen LogP contribution in [0.5, 0.6) is 0 Å². The van der Waals surface area contributed by atoms with Gasteiger partial charge in [-0.25, -0.2) is 0 Å². The lowest BCUT2D eigenvalue weighted by Crippen LogP contribution is -2.46. The minimum absolute atomic E-state index is 0.434. The Morgan fingerprint density at radius 1 is 0.875 bits per heavy atom. The molecule has 0 atom stereocenters. The Morgan fingerprint density at radius 3 is 2.33 bits per heavy atom. The van der Waals surface area contributed by atoms with E-state index in [9.17, 15) is 0 Å². The van der Waals surface area contributed by atoms with Gasteiger partial charge in [0.15, 0.2) is 0 Å². The lowest BCUT2D eigenvalue weighted by Gasteiger charge is -2.26. The monoisotopic (exact) mass is 339 g/mol. The van der Waals surface area contributed by atoms with E-state index in [4.69, 9.17) is 13.3 Å². The fourth-order valence-corrected chi connectivity index (χ4v) is 4.62. The second-order valence-corrected chi connectivity index (χ2v) is 8.35. The Labute approximate surface area is 143 Å². The number of benzene rings is 2. The Kier molecular flexibility index (Phi) is 5.37. The zero-order valence-electron chi connectivity index (χ0n) is 13.9. The summed E-state index contributed by atoms with van der Waals surface area (Å²) in [7, 11) is 0.537. The molecule has 4 nitrogen and oxygen atoms in total. The molecule has 5 heteroatoms. The smallest absolute Gasteiger partial charge is 0.377 e. The standard InChI is InChI=1S/C19H21NO3Si/c1-21-24(22-2,15-16-8-4-3-5-9-16)23-14-17-12-13-20-19-11-7-6-10-18(17)19/h3-13H,14-15H2,1-2H3. The van der Waals surface area contributed by atoms with Crippen molar-refractivity contribution < 1.29 is 13.3 Å². The van der Waals surface area contributed by atoms with Gasteiger partial charge in [-0.1, -0.05) is 48.5 Å². The zero-order chi connectivity index (χ0) is 16.8. The molecule has 0 N–H and O–H groups in total. The molecule has 3 rings (SSSR count). The van der Waals surface area contributed by atoms with Gasteiger partial charge in [-0.2, -0.15) is 0 Å². The summed E-state index contributed by atoms with van der Waals surface area (Å²) in [5.74, 6) is 0. The molecule has 0 radical (unpaired) electrons. The van der Waals surface area contributed by atoms with E-state index in [2.05, 4.69) is 23.2 Å². The molecule has 0 saturated carbocycles. The summed E-state index contributed by atoms with van der Waals surface area (Å²) in [6, 6.07) is 20.8. The highest BCUT2D eigenvalue weighted by Gasteiger charge is 2.39. The maximum Gasteiger partial charge on any atom is 0.505 e. The molecule has 1 heterocycles. The maximum absolute atomic E-state index is 6.19. The van der Waals surface area contributed by atoms with E-state index in [0.29, 0.717) is 12.7 Å². The van der Waals surface area contributed by atoms with Gasteiger partial charge < -0.3 is 13.3 Å². The third-order valence-corrected chi connectivity index (χ3v) is 6.74. The highest BCUT2D eigenvalue weighted by atomic mass is 28.4. The van der Waals surface area contributed by atoms with E-state index in [-0.39, 0.29) is 0 Å². The van der Waals surface area contributed by atoms with Gasteiger partial charge >= 0.3 is 8.80 Å². The lowest BCUT2D eigenvalue weighted by molar-refractivity contribution is 0.0908. The Morgan fingerprint density at radius 2 is 1.58 bits per heavy atom. The van der Waals surface area contributed by atoms with E-state index >= 15 is 0 Å². The van der Waals surface area contributed by atoms with Crippen LogP contribution in [0.4, 0.5) is 0 Å². The van der Waals surface area contributed by atoms with Gasteiger partial charge in [-0.15, -0.1) is 0 Å². The van der Waals surface area contributed by atoms with Gasteiger partial charge in [0.1, 0.15) is 0 Å². The van der Waals surface area contributed by atoms with Crippen LogP contribution in [0.25, 0.3) is 10.9 Å². The first-order valence-electron chi connectivity index (χ1n) is 7.87. The Balaban J connectivity index is 1.81. The van der Waals surface area contributed by atoms with E-state index in [1.807, 2.05) is 42.5 Å². The molecule has 0 aliphatic heterocycles.